The predicted molar refractivity (Wildman–Crippen MR) is 81.0 cm³/mol. The Kier molecular flexibility index (Phi) is 4.15. The summed E-state index contributed by atoms with van der Waals surface area (Å²) in [5, 5.41) is 8.99. The summed E-state index contributed by atoms with van der Waals surface area (Å²) in [6, 6.07) is 3.93. The monoisotopic (exact) mass is 321 g/mol. The zero-order valence-corrected chi connectivity index (χ0v) is 13.2. The first-order valence-electron chi connectivity index (χ1n) is 6.99. The highest BCUT2D eigenvalue weighted by atomic mass is 32.2. The zero-order valence-electron chi connectivity index (χ0n) is 12.4. The van der Waals surface area contributed by atoms with Gasteiger partial charge in [-0.1, -0.05) is 11.8 Å². The first kappa shape index (κ1) is 15.0. The summed E-state index contributed by atoms with van der Waals surface area (Å²) >= 11 is 1.30. The van der Waals surface area contributed by atoms with Gasteiger partial charge in [0.1, 0.15) is 17.4 Å². The van der Waals surface area contributed by atoms with Gasteiger partial charge in [0.2, 0.25) is 0 Å². The SMILES string of the molecule is COc1ccc(F)cc1C(=O)CSc1nnc(C2CC2)n1C. The second-order valence-electron chi connectivity index (χ2n) is 5.23. The number of thioether (sulfide) groups is 1. The number of hydrogen-bond donors (Lipinski definition) is 0. The molecule has 0 bridgehead atoms. The Labute approximate surface area is 131 Å². The molecule has 0 aliphatic heterocycles. The molecule has 2 aromatic rings. The van der Waals surface area contributed by atoms with Gasteiger partial charge in [0.15, 0.2) is 10.9 Å². The molecule has 1 fully saturated rings. The summed E-state index contributed by atoms with van der Waals surface area (Å²) in [6.07, 6.45) is 2.30. The number of nitrogens with zero attached hydrogens (tertiary/aromatic N) is 3. The molecular formula is C15H16FN3O2S. The van der Waals surface area contributed by atoms with Crippen molar-refractivity contribution in [3.8, 4) is 5.75 Å². The van der Waals surface area contributed by atoms with Crippen molar-refractivity contribution < 1.29 is 13.9 Å². The molecule has 22 heavy (non-hydrogen) atoms. The first-order valence-corrected chi connectivity index (χ1v) is 7.97. The van der Waals surface area contributed by atoms with E-state index in [0.717, 1.165) is 18.7 Å². The maximum absolute atomic E-state index is 13.3. The van der Waals surface area contributed by atoms with Gasteiger partial charge in [-0.25, -0.2) is 4.39 Å². The minimum Gasteiger partial charge on any atom is -0.496 e. The van der Waals surface area contributed by atoms with E-state index in [4.69, 9.17) is 4.74 Å². The van der Waals surface area contributed by atoms with Gasteiger partial charge >= 0.3 is 0 Å². The number of Topliss-reactive ketones (excluding diaryl/α,β-unsaturated/α-hetero) is 1. The van der Waals surface area contributed by atoms with Gasteiger partial charge in [-0.3, -0.25) is 4.79 Å². The van der Waals surface area contributed by atoms with Gasteiger partial charge in [0.25, 0.3) is 0 Å². The molecule has 1 saturated carbocycles. The van der Waals surface area contributed by atoms with Crippen LogP contribution in [0.4, 0.5) is 4.39 Å². The summed E-state index contributed by atoms with van der Waals surface area (Å²) in [7, 11) is 3.37. The van der Waals surface area contributed by atoms with Crippen LogP contribution in [0.25, 0.3) is 0 Å². The fourth-order valence-electron chi connectivity index (χ4n) is 2.25. The topological polar surface area (TPSA) is 57.0 Å². The Morgan fingerprint density at radius 2 is 2.23 bits per heavy atom. The van der Waals surface area contributed by atoms with Crippen molar-refractivity contribution >= 4 is 17.5 Å². The molecule has 0 radical (unpaired) electrons. The number of methoxy groups -OCH3 is 1. The van der Waals surface area contributed by atoms with E-state index < -0.39 is 5.82 Å². The number of aromatic nitrogens is 3. The van der Waals surface area contributed by atoms with Crippen LogP contribution in [-0.4, -0.2) is 33.4 Å². The van der Waals surface area contributed by atoms with Gasteiger partial charge in [0, 0.05) is 13.0 Å². The van der Waals surface area contributed by atoms with Crippen molar-refractivity contribution in [2.75, 3.05) is 12.9 Å². The molecule has 0 N–H and O–H groups in total. The molecule has 116 valence electrons. The van der Waals surface area contributed by atoms with E-state index in [-0.39, 0.29) is 17.1 Å². The normalized spacial score (nSPS) is 14.1. The molecule has 1 heterocycles. The Morgan fingerprint density at radius 3 is 2.91 bits per heavy atom. The lowest BCUT2D eigenvalue weighted by molar-refractivity contribution is 0.101. The average Bonchev–Trinajstić information content (AvgIpc) is 3.29. The summed E-state index contributed by atoms with van der Waals surface area (Å²) in [5.41, 5.74) is 0.250. The van der Waals surface area contributed by atoms with Crippen LogP contribution in [0.5, 0.6) is 5.75 Å². The number of carbonyl (C=O) groups is 1. The van der Waals surface area contributed by atoms with Crippen LogP contribution in [0.3, 0.4) is 0 Å². The third-order valence-electron chi connectivity index (χ3n) is 3.61. The lowest BCUT2D eigenvalue weighted by Crippen LogP contribution is -2.07. The summed E-state index contributed by atoms with van der Waals surface area (Å²) < 4.78 is 20.4. The van der Waals surface area contributed by atoms with E-state index in [0.29, 0.717) is 16.8 Å². The van der Waals surface area contributed by atoms with E-state index >= 15 is 0 Å². The van der Waals surface area contributed by atoms with Gasteiger partial charge < -0.3 is 9.30 Å². The van der Waals surface area contributed by atoms with E-state index in [1.54, 1.807) is 0 Å². The molecule has 0 spiro atoms. The minimum absolute atomic E-state index is 0.163. The number of benzene rings is 1. The fourth-order valence-corrected chi connectivity index (χ4v) is 3.06. The van der Waals surface area contributed by atoms with Gasteiger partial charge in [0.05, 0.1) is 18.4 Å². The maximum Gasteiger partial charge on any atom is 0.191 e. The molecule has 3 rings (SSSR count). The maximum atomic E-state index is 13.3. The van der Waals surface area contributed by atoms with Crippen molar-refractivity contribution in [2.45, 2.75) is 23.9 Å². The molecular weight excluding hydrogens is 305 g/mol. The largest absolute Gasteiger partial charge is 0.496 e. The molecule has 5 nitrogen and oxygen atoms in total. The van der Waals surface area contributed by atoms with E-state index in [2.05, 4.69) is 10.2 Å². The third-order valence-corrected chi connectivity index (χ3v) is 4.63. The molecule has 0 atom stereocenters. The predicted octanol–water partition coefficient (Wildman–Crippen LogP) is 2.82. The van der Waals surface area contributed by atoms with Crippen molar-refractivity contribution in [1.29, 1.82) is 0 Å². The number of carbonyl (C=O) groups excluding carboxylic acids is 1. The van der Waals surface area contributed by atoms with Crippen LogP contribution >= 0.6 is 11.8 Å². The van der Waals surface area contributed by atoms with Crippen molar-refractivity contribution in [3.05, 3.63) is 35.4 Å². The molecule has 0 unspecified atom stereocenters. The van der Waals surface area contributed by atoms with Gasteiger partial charge in [-0.05, 0) is 31.0 Å². The van der Waals surface area contributed by atoms with E-state index in [1.807, 2.05) is 11.6 Å². The van der Waals surface area contributed by atoms with Crippen LogP contribution in [0.2, 0.25) is 0 Å². The highest BCUT2D eigenvalue weighted by molar-refractivity contribution is 7.99. The molecule has 0 amide bonds. The standard InChI is InChI=1S/C15H16FN3O2S/c1-19-14(9-3-4-9)17-18-15(19)22-8-12(20)11-7-10(16)5-6-13(11)21-2/h5-7,9H,3-4,8H2,1-2H3. The highest BCUT2D eigenvalue weighted by Gasteiger charge is 2.29. The fraction of sp³-hybridized carbons (Fsp3) is 0.400. The highest BCUT2D eigenvalue weighted by Crippen LogP contribution is 2.39. The lowest BCUT2D eigenvalue weighted by Gasteiger charge is -2.07. The summed E-state index contributed by atoms with van der Waals surface area (Å²) in [4.78, 5) is 12.3. The molecule has 1 aliphatic carbocycles. The Balaban J connectivity index is 1.71. The smallest absolute Gasteiger partial charge is 0.191 e. The lowest BCUT2D eigenvalue weighted by atomic mass is 10.1. The second-order valence-corrected chi connectivity index (χ2v) is 6.17. The second kappa shape index (κ2) is 6.08. The molecule has 0 saturated heterocycles. The van der Waals surface area contributed by atoms with E-state index in [9.17, 15) is 9.18 Å². The number of rotatable bonds is 6. The summed E-state index contributed by atoms with van der Waals surface area (Å²) in [6.45, 7) is 0. The third kappa shape index (κ3) is 2.99. The van der Waals surface area contributed by atoms with E-state index in [1.165, 1.54) is 37.1 Å². The number of hydrogen-bond acceptors (Lipinski definition) is 5. The molecule has 1 aromatic carbocycles. The Hall–Kier alpha value is -1.89. The average molecular weight is 321 g/mol. The number of ketones is 1. The number of halogens is 1. The molecule has 1 aromatic heterocycles. The Bertz CT molecular complexity index is 713. The van der Waals surface area contributed by atoms with Crippen LogP contribution in [-0.2, 0) is 7.05 Å². The van der Waals surface area contributed by atoms with Crippen molar-refractivity contribution in [1.82, 2.24) is 14.8 Å². The van der Waals surface area contributed by atoms with Crippen LogP contribution in [0.15, 0.2) is 23.4 Å². The van der Waals surface area contributed by atoms with Crippen LogP contribution in [0.1, 0.15) is 34.9 Å². The summed E-state index contributed by atoms with van der Waals surface area (Å²) in [5.74, 6) is 1.37. The van der Waals surface area contributed by atoms with Crippen LogP contribution < -0.4 is 4.74 Å². The number of ether oxygens (including phenoxy) is 1. The quantitative estimate of drug-likeness (QED) is 0.605. The van der Waals surface area contributed by atoms with Gasteiger partial charge in [-0.15, -0.1) is 10.2 Å². The Morgan fingerprint density at radius 1 is 1.45 bits per heavy atom. The van der Waals surface area contributed by atoms with Gasteiger partial charge in [-0.2, -0.15) is 0 Å². The molecule has 1 aliphatic rings. The minimum atomic E-state index is -0.455. The van der Waals surface area contributed by atoms with Crippen LogP contribution in [0, 0.1) is 5.82 Å². The van der Waals surface area contributed by atoms with Crippen molar-refractivity contribution in [3.63, 3.8) is 0 Å². The first-order chi connectivity index (χ1) is 10.6. The molecule has 7 heteroatoms. The zero-order chi connectivity index (χ0) is 15.7. The van der Waals surface area contributed by atoms with Crippen molar-refractivity contribution in [2.24, 2.45) is 7.05 Å².